The van der Waals surface area contributed by atoms with Gasteiger partial charge >= 0.3 is 0 Å². The maximum atomic E-state index is 12.6. The molecule has 112 valence electrons. The predicted octanol–water partition coefficient (Wildman–Crippen LogP) is 1.29. The van der Waals surface area contributed by atoms with Crippen molar-refractivity contribution in [3.05, 3.63) is 23.8 Å². The molecule has 2 rings (SSSR count). The Labute approximate surface area is 121 Å². The summed E-state index contributed by atoms with van der Waals surface area (Å²) in [5.41, 5.74) is 7.12. The van der Waals surface area contributed by atoms with Crippen LogP contribution in [0.25, 0.3) is 0 Å². The summed E-state index contributed by atoms with van der Waals surface area (Å²) in [6, 6.07) is 5.00. The first-order valence-corrected chi connectivity index (χ1v) is 8.47. The van der Waals surface area contributed by atoms with E-state index < -0.39 is 10.0 Å². The van der Waals surface area contributed by atoms with Gasteiger partial charge in [-0.05, 0) is 43.7 Å². The van der Waals surface area contributed by atoms with Gasteiger partial charge in [0.15, 0.2) is 0 Å². The zero-order chi connectivity index (χ0) is 14.8. The molecule has 0 unspecified atom stereocenters. The molecule has 0 bridgehead atoms. The first-order chi connectivity index (χ1) is 9.43. The number of benzene rings is 1. The third kappa shape index (κ3) is 3.31. The van der Waals surface area contributed by atoms with Crippen molar-refractivity contribution in [2.75, 3.05) is 38.5 Å². The van der Waals surface area contributed by atoms with Gasteiger partial charge in [-0.3, -0.25) is 0 Å². The van der Waals surface area contributed by atoms with E-state index in [1.54, 1.807) is 22.5 Å². The second kappa shape index (κ2) is 6.11. The molecule has 1 saturated heterocycles. The van der Waals surface area contributed by atoms with Crippen LogP contribution in [0.4, 0.5) is 5.69 Å². The fraction of sp³-hybridized carbons (Fsp3) is 0.571. The van der Waals surface area contributed by atoms with Gasteiger partial charge in [-0.25, -0.2) is 8.42 Å². The van der Waals surface area contributed by atoms with Crippen molar-refractivity contribution in [1.29, 1.82) is 0 Å². The van der Waals surface area contributed by atoms with Crippen LogP contribution in [0.15, 0.2) is 23.1 Å². The van der Waals surface area contributed by atoms with Crippen LogP contribution in [0.3, 0.4) is 0 Å². The van der Waals surface area contributed by atoms with E-state index in [2.05, 4.69) is 11.8 Å². The van der Waals surface area contributed by atoms with Crippen LogP contribution in [-0.4, -0.2) is 50.3 Å². The minimum absolute atomic E-state index is 0.305. The molecule has 20 heavy (non-hydrogen) atoms. The number of piperazine rings is 1. The summed E-state index contributed by atoms with van der Waals surface area (Å²) in [6.45, 7) is 7.73. The molecule has 1 aromatic carbocycles. The van der Waals surface area contributed by atoms with Gasteiger partial charge in [0.25, 0.3) is 0 Å². The standard InChI is InChI=1S/C14H23N3O2S/c1-3-4-16-5-7-17(8-6-16)20(18,19)14-10-12(2)9-13(15)11-14/h9-11H,3-8,15H2,1-2H3. The van der Waals surface area contributed by atoms with E-state index in [9.17, 15) is 8.42 Å². The molecule has 0 saturated carbocycles. The fourth-order valence-corrected chi connectivity index (χ4v) is 4.15. The molecular formula is C14H23N3O2S. The topological polar surface area (TPSA) is 66.6 Å². The molecule has 0 atom stereocenters. The lowest BCUT2D eigenvalue weighted by molar-refractivity contribution is 0.188. The molecule has 0 radical (unpaired) electrons. The predicted molar refractivity (Wildman–Crippen MR) is 81.1 cm³/mol. The number of sulfonamides is 1. The number of hydrogen-bond donors (Lipinski definition) is 1. The van der Waals surface area contributed by atoms with Crippen LogP contribution in [0.5, 0.6) is 0 Å². The molecule has 0 amide bonds. The molecule has 0 aliphatic carbocycles. The largest absolute Gasteiger partial charge is 0.399 e. The van der Waals surface area contributed by atoms with Crippen molar-refractivity contribution in [2.24, 2.45) is 0 Å². The summed E-state index contributed by atoms with van der Waals surface area (Å²) >= 11 is 0. The van der Waals surface area contributed by atoms with Crippen molar-refractivity contribution >= 4 is 15.7 Å². The van der Waals surface area contributed by atoms with Gasteiger partial charge < -0.3 is 10.6 Å². The van der Waals surface area contributed by atoms with E-state index in [0.717, 1.165) is 31.6 Å². The minimum Gasteiger partial charge on any atom is -0.399 e. The molecule has 5 nitrogen and oxygen atoms in total. The highest BCUT2D eigenvalue weighted by Gasteiger charge is 2.28. The third-order valence-electron chi connectivity index (χ3n) is 3.58. The highest BCUT2D eigenvalue weighted by atomic mass is 32.2. The number of nitrogens with zero attached hydrogens (tertiary/aromatic N) is 2. The van der Waals surface area contributed by atoms with Crippen molar-refractivity contribution in [1.82, 2.24) is 9.21 Å². The number of nitrogens with two attached hydrogens (primary N) is 1. The summed E-state index contributed by atoms with van der Waals surface area (Å²) in [5, 5.41) is 0. The Morgan fingerprint density at radius 2 is 1.80 bits per heavy atom. The van der Waals surface area contributed by atoms with Gasteiger partial charge in [-0.15, -0.1) is 0 Å². The summed E-state index contributed by atoms with van der Waals surface area (Å²) in [6.07, 6.45) is 1.10. The van der Waals surface area contributed by atoms with Crippen LogP contribution >= 0.6 is 0 Å². The highest BCUT2D eigenvalue weighted by molar-refractivity contribution is 7.89. The lowest BCUT2D eigenvalue weighted by Gasteiger charge is -2.33. The van der Waals surface area contributed by atoms with Gasteiger partial charge in [0.05, 0.1) is 4.90 Å². The summed E-state index contributed by atoms with van der Waals surface area (Å²) in [7, 11) is -3.42. The number of nitrogen functional groups attached to an aromatic ring is 1. The average molecular weight is 297 g/mol. The van der Waals surface area contributed by atoms with E-state index in [1.165, 1.54) is 0 Å². The van der Waals surface area contributed by atoms with Crippen LogP contribution in [-0.2, 0) is 10.0 Å². The van der Waals surface area contributed by atoms with Crippen molar-refractivity contribution in [3.63, 3.8) is 0 Å². The van der Waals surface area contributed by atoms with Crippen LogP contribution in [0.2, 0.25) is 0 Å². The molecule has 2 N–H and O–H groups in total. The Morgan fingerprint density at radius 1 is 1.15 bits per heavy atom. The van der Waals surface area contributed by atoms with Gasteiger partial charge in [0, 0.05) is 31.9 Å². The number of hydrogen-bond acceptors (Lipinski definition) is 4. The minimum atomic E-state index is -3.42. The van der Waals surface area contributed by atoms with Crippen molar-refractivity contribution in [3.8, 4) is 0 Å². The SMILES string of the molecule is CCCN1CCN(S(=O)(=O)c2cc(C)cc(N)c2)CC1. The third-order valence-corrected chi connectivity index (χ3v) is 5.46. The van der Waals surface area contributed by atoms with Crippen molar-refractivity contribution in [2.45, 2.75) is 25.2 Å². The van der Waals surface area contributed by atoms with Gasteiger partial charge in [-0.1, -0.05) is 6.92 Å². The molecular weight excluding hydrogens is 274 g/mol. The maximum absolute atomic E-state index is 12.6. The van der Waals surface area contributed by atoms with Crippen LogP contribution < -0.4 is 5.73 Å². The van der Waals surface area contributed by atoms with E-state index in [-0.39, 0.29) is 0 Å². The van der Waals surface area contributed by atoms with Gasteiger partial charge in [0.1, 0.15) is 0 Å². The summed E-state index contributed by atoms with van der Waals surface area (Å²) in [4.78, 5) is 2.61. The lowest BCUT2D eigenvalue weighted by Crippen LogP contribution is -2.48. The Bertz CT molecular complexity index is 544. The molecule has 1 aliphatic heterocycles. The fourth-order valence-electron chi connectivity index (χ4n) is 2.58. The zero-order valence-corrected chi connectivity index (χ0v) is 13.0. The lowest BCUT2D eigenvalue weighted by atomic mass is 10.2. The van der Waals surface area contributed by atoms with Gasteiger partial charge in [0.2, 0.25) is 10.0 Å². The molecule has 0 spiro atoms. The second-order valence-corrected chi connectivity index (χ2v) is 7.26. The Balaban J connectivity index is 2.15. The molecule has 0 aromatic heterocycles. The molecule has 1 aliphatic rings. The van der Waals surface area contributed by atoms with Gasteiger partial charge in [-0.2, -0.15) is 4.31 Å². The monoisotopic (exact) mass is 297 g/mol. The average Bonchev–Trinajstić information content (AvgIpc) is 2.38. The normalized spacial score (nSPS) is 18.3. The molecule has 1 heterocycles. The molecule has 1 aromatic rings. The first kappa shape index (κ1) is 15.3. The van der Waals surface area contributed by atoms with Crippen LogP contribution in [0, 0.1) is 6.92 Å². The highest BCUT2D eigenvalue weighted by Crippen LogP contribution is 2.21. The summed E-state index contributed by atoms with van der Waals surface area (Å²) < 4.78 is 26.8. The number of aryl methyl sites for hydroxylation is 1. The number of anilines is 1. The second-order valence-electron chi connectivity index (χ2n) is 5.33. The Kier molecular flexibility index (Phi) is 4.67. The Hall–Kier alpha value is -1.11. The maximum Gasteiger partial charge on any atom is 0.243 e. The number of rotatable bonds is 4. The zero-order valence-electron chi connectivity index (χ0n) is 12.2. The van der Waals surface area contributed by atoms with Crippen LogP contribution in [0.1, 0.15) is 18.9 Å². The van der Waals surface area contributed by atoms with E-state index in [1.807, 2.05) is 6.92 Å². The smallest absolute Gasteiger partial charge is 0.243 e. The molecule has 6 heteroatoms. The quantitative estimate of drug-likeness (QED) is 0.851. The summed E-state index contributed by atoms with van der Waals surface area (Å²) in [5.74, 6) is 0. The van der Waals surface area contributed by atoms with E-state index >= 15 is 0 Å². The van der Waals surface area contributed by atoms with E-state index in [0.29, 0.717) is 23.7 Å². The Morgan fingerprint density at radius 3 is 2.35 bits per heavy atom. The molecule has 1 fully saturated rings. The first-order valence-electron chi connectivity index (χ1n) is 7.03. The van der Waals surface area contributed by atoms with E-state index in [4.69, 9.17) is 5.73 Å². The van der Waals surface area contributed by atoms with Crippen molar-refractivity contribution < 1.29 is 8.42 Å².